The molecule has 5 N–H and O–H groups in total. The van der Waals surface area contributed by atoms with Crippen LogP contribution in [0.2, 0.25) is 0 Å². The van der Waals surface area contributed by atoms with E-state index >= 15 is 0 Å². The van der Waals surface area contributed by atoms with Crippen molar-refractivity contribution in [2.24, 2.45) is 11.0 Å². The summed E-state index contributed by atoms with van der Waals surface area (Å²) in [6, 6.07) is -1.32. The van der Waals surface area contributed by atoms with E-state index in [1.165, 1.54) is 6.92 Å². The molecule has 0 radical (unpaired) electrons. The summed E-state index contributed by atoms with van der Waals surface area (Å²) in [5.41, 5.74) is 10.4. The summed E-state index contributed by atoms with van der Waals surface area (Å²) in [7, 11) is 0. The van der Waals surface area contributed by atoms with Gasteiger partial charge in [0.25, 0.3) is 11.9 Å². The van der Waals surface area contributed by atoms with Crippen LogP contribution in [0.1, 0.15) is 13.3 Å². The molecule has 9 heteroatoms. The molecule has 0 aromatic carbocycles. The highest BCUT2D eigenvalue weighted by Gasteiger charge is 2.29. The molecule has 0 aromatic heterocycles. The molecule has 1 atom stereocenters. The highest BCUT2D eigenvalue weighted by atomic mass is 32.4. The van der Waals surface area contributed by atoms with Crippen LogP contribution < -0.4 is 16.1 Å². The Balaban J connectivity index is 4.41. The van der Waals surface area contributed by atoms with Crippen molar-refractivity contribution in [3.05, 3.63) is 10.1 Å². The van der Waals surface area contributed by atoms with E-state index in [2.05, 4.69) is 16.9 Å². The molecule has 0 aliphatic carbocycles. The average Bonchev–Trinajstić information content (AvgIpc) is 1.82. The van der Waals surface area contributed by atoms with Crippen LogP contribution in [0.5, 0.6) is 0 Å². The van der Waals surface area contributed by atoms with Gasteiger partial charge in [-0.15, -0.1) is 0 Å². The van der Waals surface area contributed by atoms with Gasteiger partial charge in [-0.05, 0) is 11.8 Å². The van der Waals surface area contributed by atoms with E-state index in [1.807, 2.05) is 0 Å². The number of amides is 1. The molecule has 76 valence electrons. The lowest BCUT2D eigenvalue weighted by Crippen LogP contribution is -2.40. The summed E-state index contributed by atoms with van der Waals surface area (Å²) in [4.78, 5) is 20.7. The Morgan fingerprint density at radius 3 is 2.46 bits per heavy atom. The maximum Gasteiger partial charge on any atom is 0.300 e. The van der Waals surface area contributed by atoms with Gasteiger partial charge in [-0.3, -0.25) is 31.0 Å². The SMILES string of the molecule is CCC(C(=O)NP(N)(N)=S)[N+](=O)[O-]. The Morgan fingerprint density at radius 1 is 1.77 bits per heavy atom. The molecule has 0 bridgehead atoms. The molecule has 7 nitrogen and oxygen atoms in total. The van der Waals surface area contributed by atoms with Crippen LogP contribution in [-0.2, 0) is 16.6 Å². The van der Waals surface area contributed by atoms with Gasteiger partial charge in [0.2, 0.25) is 0 Å². The molecule has 0 fully saturated rings. The van der Waals surface area contributed by atoms with Gasteiger partial charge >= 0.3 is 0 Å². The first-order chi connectivity index (χ1) is 5.78. The topological polar surface area (TPSA) is 124 Å². The Morgan fingerprint density at radius 2 is 2.23 bits per heavy atom. The second-order valence-electron chi connectivity index (χ2n) is 2.39. The summed E-state index contributed by atoms with van der Waals surface area (Å²) in [5, 5.41) is 12.4. The van der Waals surface area contributed by atoms with Gasteiger partial charge in [-0.25, -0.2) is 0 Å². The Bertz CT molecular complexity index is 264. The third kappa shape index (κ3) is 4.89. The predicted octanol–water partition coefficient (Wildman–Crippen LogP) is -0.700. The fourth-order valence-corrected chi connectivity index (χ4v) is 1.44. The number of nitrogens with two attached hydrogens (primary N) is 2. The van der Waals surface area contributed by atoms with Gasteiger partial charge in [0.1, 0.15) is 0 Å². The van der Waals surface area contributed by atoms with Crippen LogP contribution in [0.25, 0.3) is 0 Å². The molecule has 1 amide bonds. The lowest BCUT2D eigenvalue weighted by Gasteiger charge is -2.13. The van der Waals surface area contributed by atoms with Crippen molar-refractivity contribution in [1.82, 2.24) is 5.09 Å². The van der Waals surface area contributed by atoms with Crippen LogP contribution in [0.3, 0.4) is 0 Å². The zero-order chi connectivity index (χ0) is 10.6. The zero-order valence-electron chi connectivity index (χ0n) is 6.97. The number of hydrogen-bond acceptors (Lipinski definition) is 4. The first kappa shape index (κ1) is 12.4. The van der Waals surface area contributed by atoms with Gasteiger partial charge in [-0.2, -0.15) is 0 Å². The van der Waals surface area contributed by atoms with Crippen LogP contribution in [0, 0.1) is 10.1 Å². The van der Waals surface area contributed by atoms with Gasteiger partial charge in [-0.1, -0.05) is 6.92 Å². The Kier molecular flexibility index (Phi) is 4.41. The first-order valence-corrected chi connectivity index (χ1v) is 6.34. The van der Waals surface area contributed by atoms with E-state index in [9.17, 15) is 14.9 Å². The first-order valence-electron chi connectivity index (χ1n) is 3.40. The normalized spacial score (nSPS) is 13.5. The van der Waals surface area contributed by atoms with Gasteiger partial charge in [0, 0.05) is 11.3 Å². The number of nitrogens with one attached hydrogen (secondary N) is 1. The van der Waals surface area contributed by atoms with E-state index < -0.39 is 23.4 Å². The summed E-state index contributed by atoms with van der Waals surface area (Å²) in [5.74, 6) is -0.819. The van der Waals surface area contributed by atoms with Crippen molar-refractivity contribution in [1.29, 1.82) is 0 Å². The van der Waals surface area contributed by atoms with Gasteiger partial charge in [0.05, 0.1) is 0 Å². The molecule has 0 saturated heterocycles. The minimum Gasteiger partial charge on any atom is -0.300 e. The molecule has 0 rings (SSSR count). The van der Waals surface area contributed by atoms with E-state index in [1.54, 1.807) is 0 Å². The molecule has 0 aliphatic heterocycles. The second kappa shape index (κ2) is 4.61. The molecular formula is C4H11N4O3PS. The largest absolute Gasteiger partial charge is 0.300 e. The molecule has 0 saturated carbocycles. The molecule has 0 spiro atoms. The summed E-state index contributed by atoms with van der Waals surface area (Å²) >= 11 is 4.53. The molecule has 0 heterocycles. The monoisotopic (exact) mass is 226 g/mol. The quantitative estimate of drug-likeness (QED) is 0.330. The summed E-state index contributed by atoms with van der Waals surface area (Å²) in [6.07, 6.45) is 0.0775. The number of nitrogens with zero attached hydrogens (tertiary/aromatic N) is 1. The fourth-order valence-electron chi connectivity index (χ4n) is 0.677. The number of hydrogen-bond donors (Lipinski definition) is 3. The van der Waals surface area contributed by atoms with Crippen molar-refractivity contribution >= 4 is 24.2 Å². The highest BCUT2D eigenvalue weighted by Crippen LogP contribution is 2.18. The standard InChI is InChI=1S/C4H11N4O3PS/c1-2-3(8(10)11)4(9)7-12(5,6)13/h3H,2H2,1H3,(H5,5,6,7,9,13). The van der Waals surface area contributed by atoms with Crippen molar-refractivity contribution in [2.75, 3.05) is 0 Å². The Labute approximate surface area is 80.2 Å². The molecule has 1 unspecified atom stereocenters. The maximum atomic E-state index is 11.1. The number of rotatable bonds is 4. The number of nitro groups is 1. The van der Waals surface area contributed by atoms with E-state index in [0.29, 0.717) is 0 Å². The van der Waals surface area contributed by atoms with Crippen molar-refractivity contribution < 1.29 is 9.72 Å². The van der Waals surface area contributed by atoms with Gasteiger partial charge < -0.3 is 0 Å². The molecule has 0 aromatic rings. The predicted molar refractivity (Wildman–Crippen MR) is 51.9 cm³/mol. The van der Waals surface area contributed by atoms with Crippen LogP contribution >= 0.6 is 6.49 Å². The minimum atomic E-state index is -2.90. The highest BCUT2D eigenvalue weighted by molar-refractivity contribution is 8.11. The number of carbonyl (C=O) groups is 1. The molecular weight excluding hydrogens is 215 g/mol. The smallest absolute Gasteiger partial charge is 0.300 e. The van der Waals surface area contributed by atoms with Crippen LogP contribution in [-0.4, -0.2) is 16.9 Å². The van der Waals surface area contributed by atoms with Crippen LogP contribution in [0.15, 0.2) is 0 Å². The minimum absolute atomic E-state index is 0.0775. The third-order valence-electron chi connectivity index (χ3n) is 1.23. The lowest BCUT2D eigenvalue weighted by molar-refractivity contribution is -0.507. The third-order valence-corrected chi connectivity index (χ3v) is 2.07. The van der Waals surface area contributed by atoms with Crippen molar-refractivity contribution in [3.8, 4) is 0 Å². The van der Waals surface area contributed by atoms with Gasteiger partial charge in [0.15, 0.2) is 6.49 Å². The second-order valence-corrected chi connectivity index (χ2v) is 5.85. The lowest BCUT2D eigenvalue weighted by atomic mass is 10.2. The van der Waals surface area contributed by atoms with Crippen molar-refractivity contribution in [2.45, 2.75) is 19.4 Å². The van der Waals surface area contributed by atoms with Crippen molar-refractivity contribution in [3.63, 3.8) is 0 Å². The van der Waals surface area contributed by atoms with E-state index in [4.69, 9.17) is 11.0 Å². The van der Waals surface area contributed by atoms with Crippen LogP contribution in [0.4, 0.5) is 0 Å². The van der Waals surface area contributed by atoms with E-state index in [0.717, 1.165) is 0 Å². The fraction of sp³-hybridized carbons (Fsp3) is 0.750. The Hall–Kier alpha value is -0.560. The summed E-state index contributed by atoms with van der Waals surface area (Å²) in [6.45, 7) is -1.38. The maximum absolute atomic E-state index is 11.1. The number of carbonyl (C=O) groups excluding carboxylic acids is 1. The summed E-state index contributed by atoms with van der Waals surface area (Å²) < 4.78 is 0. The average molecular weight is 226 g/mol. The molecule has 13 heavy (non-hydrogen) atoms. The van der Waals surface area contributed by atoms with E-state index in [-0.39, 0.29) is 6.42 Å². The molecule has 0 aliphatic rings. The zero-order valence-corrected chi connectivity index (χ0v) is 8.68.